The Balaban J connectivity index is 1.43. The van der Waals surface area contributed by atoms with E-state index in [-0.39, 0.29) is 12.1 Å². The Hall–Kier alpha value is -0.810. The average molecular weight is 337 g/mol. The summed E-state index contributed by atoms with van der Waals surface area (Å²) in [6.07, 6.45) is 5.36. The Morgan fingerprint density at radius 1 is 1.17 bits per heavy atom. The molecule has 0 saturated carbocycles. The maximum atomic E-state index is 11.8. The molecule has 0 spiro atoms. The minimum atomic E-state index is -0.0216. The number of carbonyl (C=O) groups excluding carboxylic acids is 1. The van der Waals surface area contributed by atoms with Crippen molar-refractivity contribution < 1.29 is 4.79 Å². The quantitative estimate of drug-likeness (QED) is 0.809. The van der Waals surface area contributed by atoms with Gasteiger partial charge in [0.2, 0.25) is 0 Å². The van der Waals surface area contributed by atoms with Gasteiger partial charge < -0.3 is 15.5 Å². The summed E-state index contributed by atoms with van der Waals surface area (Å²) >= 11 is 0. The molecule has 0 aromatic heterocycles. The van der Waals surface area contributed by atoms with Crippen LogP contribution in [-0.4, -0.2) is 67.2 Å². The van der Waals surface area contributed by atoms with Crippen molar-refractivity contribution in [2.45, 2.75) is 58.5 Å². The van der Waals surface area contributed by atoms with Crippen LogP contribution in [0.1, 0.15) is 46.5 Å². The van der Waals surface area contributed by atoms with Gasteiger partial charge in [-0.25, -0.2) is 4.79 Å². The van der Waals surface area contributed by atoms with Crippen LogP contribution in [0.2, 0.25) is 0 Å². The lowest BCUT2D eigenvalue weighted by Gasteiger charge is -2.51. The molecule has 5 nitrogen and oxygen atoms in total. The first-order valence-corrected chi connectivity index (χ1v) is 10.0. The van der Waals surface area contributed by atoms with Crippen molar-refractivity contribution in [3.05, 3.63) is 0 Å². The molecule has 4 rings (SSSR count). The number of hydrogen-bond acceptors (Lipinski definition) is 3. The minimum absolute atomic E-state index is 0.0216. The van der Waals surface area contributed by atoms with E-state index in [4.69, 9.17) is 0 Å². The highest BCUT2D eigenvalue weighted by atomic mass is 16.2. The molecule has 0 radical (unpaired) electrons. The van der Waals surface area contributed by atoms with E-state index in [1.165, 1.54) is 58.4 Å². The summed E-state index contributed by atoms with van der Waals surface area (Å²) in [4.78, 5) is 17.1. The molecule has 1 unspecified atom stereocenters. The van der Waals surface area contributed by atoms with Crippen molar-refractivity contribution in [1.29, 1.82) is 0 Å². The van der Waals surface area contributed by atoms with Crippen LogP contribution in [0.5, 0.6) is 0 Å². The fourth-order valence-electron chi connectivity index (χ4n) is 4.77. The van der Waals surface area contributed by atoms with Crippen LogP contribution in [0.4, 0.5) is 4.79 Å². The highest BCUT2D eigenvalue weighted by Crippen LogP contribution is 2.36. The maximum absolute atomic E-state index is 11.8. The van der Waals surface area contributed by atoms with Crippen LogP contribution in [-0.2, 0) is 0 Å². The molecule has 4 atom stereocenters. The lowest BCUT2D eigenvalue weighted by atomic mass is 9.75. The first kappa shape index (κ1) is 18.0. The highest BCUT2D eigenvalue weighted by molar-refractivity contribution is 5.74. The molecular formula is C19H36N4O. The van der Waals surface area contributed by atoms with Gasteiger partial charge in [0.05, 0.1) is 0 Å². The Kier molecular flexibility index (Phi) is 6.03. The van der Waals surface area contributed by atoms with Crippen molar-refractivity contribution >= 4 is 6.03 Å². The Morgan fingerprint density at radius 2 is 1.92 bits per heavy atom. The summed E-state index contributed by atoms with van der Waals surface area (Å²) in [6.45, 7) is 13.5. The van der Waals surface area contributed by atoms with Crippen LogP contribution < -0.4 is 10.6 Å². The van der Waals surface area contributed by atoms with Gasteiger partial charge in [-0.15, -0.1) is 0 Å². The SMILES string of the molecule is CC1CCN(C[C@H]2CN3CC[C@H]2C[C@@H]3CNC(=O)NC(C)C)CC1. The number of nitrogens with zero attached hydrogens (tertiary/aromatic N) is 2. The fourth-order valence-corrected chi connectivity index (χ4v) is 4.77. The summed E-state index contributed by atoms with van der Waals surface area (Å²) in [5.41, 5.74) is 0. The molecule has 24 heavy (non-hydrogen) atoms. The molecule has 4 fully saturated rings. The molecule has 0 aromatic carbocycles. The van der Waals surface area contributed by atoms with Crippen molar-refractivity contribution in [1.82, 2.24) is 20.4 Å². The largest absolute Gasteiger partial charge is 0.337 e. The average Bonchev–Trinajstić information content (AvgIpc) is 2.55. The first-order chi connectivity index (χ1) is 11.5. The molecule has 4 aliphatic heterocycles. The third-order valence-corrected chi connectivity index (χ3v) is 6.30. The first-order valence-electron chi connectivity index (χ1n) is 10.0. The van der Waals surface area contributed by atoms with Gasteiger partial charge in [-0.3, -0.25) is 4.90 Å². The third-order valence-electron chi connectivity index (χ3n) is 6.30. The molecule has 0 aromatic rings. The van der Waals surface area contributed by atoms with Crippen LogP contribution in [0, 0.1) is 17.8 Å². The van der Waals surface area contributed by atoms with Gasteiger partial charge in [0.25, 0.3) is 0 Å². The number of fused-ring (bicyclic) bond motifs is 3. The van der Waals surface area contributed by atoms with Crippen LogP contribution in [0.3, 0.4) is 0 Å². The molecule has 2 N–H and O–H groups in total. The monoisotopic (exact) mass is 336 g/mol. The number of carbonyl (C=O) groups is 1. The van der Waals surface area contributed by atoms with Crippen molar-refractivity contribution in [3.8, 4) is 0 Å². The summed E-state index contributed by atoms with van der Waals surface area (Å²) in [6, 6.07) is 0.718. The standard InChI is InChI=1S/C19H36N4O/c1-14(2)21-19(24)20-11-18-10-16-6-9-23(18)13-17(16)12-22-7-4-15(3)5-8-22/h14-18H,4-13H2,1-3H3,(H2,20,21,24)/t16-,17-,18+/m0/s1. The van der Waals surface area contributed by atoms with Crippen molar-refractivity contribution in [2.24, 2.45) is 17.8 Å². The summed E-state index contributed by atoms with van der Waals surface area (Å²) in [5.74, 6) is 2.61. The fraction of sp³-hybridized carbons (Fsp3) is 0.947. The lowest BCUT2D eigenvalue weighted by Crippen LogP contribution is -2.59. The molecule has 4 saturated heterocycles. The second kappa shape index (κ2) is 8.05. The number of amides is 2. The molecule has 2 bridgehead atoms. The summed E-state index contributed by atoms with van der Waals surface area (Å²) in [5, 5.41) is 5.99. The third kappa shape index (κ3) is 4.63. The lowest BCUT2D eigenvalue weighted by molar-refractivity contribution is -0.0144. The Morgan fingerprint density at radius 3 is 2.54 bits per heavy atom. The van der Waals surface area contributed by atoms with Gasteiger partial charge in [-0.05, 0) is 76.9 Å². The van der Waals surface area contributed by atoms with Gasteiger partial charge in [-0.2, -0.15) is 0 Å². The molecule has 4 aliphatic rings. The molecule has 0 aliphatic carbocycles. The van der Waals surface area contributed by atoms with Gasteiger partial charge in [0.15, 0.2) is 0 Å². The van der Waals surface area contributed by atoms with Gasteiger partial charge in [0, 0.05) is 31.7 Å². The van der Waals surface area contributed by atoms with Crippen molar-refractivity contribution in [2.75, 3.05) is 39.3 Å². The number of nitrogens with one attached hydrogen (secondary N) is 2. The zero-order valence-corrected chi connectivity index (χ0v) is 15.8. The molecule has 138 valence electrons. The smallest absolute Gasteiger partial charge is 0.315 e. The molecule has 2 amide bonds. The topological polar surface area (TPSA) is 47.6 Å². The molecule has 4 heterocycles. The normalized spacial score (nSPS) is 34.5. The Labute approximate surface area is 147 Å². The van der Waals surface area contributed by atoms with E-state index in [2.05, 4.69) is 27.4 Å². The number of piperidine rings is 4. The second-order valence-electron chi connectivity index (χ2n) is 8.69. The zero-order valence-electron chi connectivity index (χ0n) is 15.8. The van der Waals surface area contributed by atoms with E-state index in [1.54, 1.807) is 0 Å². The van der Waals surface area contributed by atoms with E-state index in [0.29, 0.717) is 6.04 Å². The molecule has 5 heteroatoms. The predicted molar refractivity (Wildman–Crippen MR) is 98.1 cm³/mol. The second-order valence-corrected chi connectivity index (χ2v) is 8.69. The predicted octanol–water partition coefficient (Wildman–Crippen LogP) is 2.14. The number of rotatable bonds is 5. The van der Waals surface area contributed by atoms with E-state index >= 15 is 0 Å². The van der Waals surface area contributed by atoms with E-state index in [9.17, 15) is 4.79 Å². The van der Waals surface area contributed by atoms with Crippen LogP contribution in [0.25, 0.3) is 0 Å². The van der Waals surface area contributed by atoms with Crippen molar-refractivity contribution in [3.63, 3.8) is 0 Å². The van der Waals surface area contributed by atoms with Gasteiger partial charge in [0.1, 0.15) is 0 Å². The summed E-state index contributed by atoms with van der Waals surface area (Å²) < 4.78 is 0. The van der Waals surface area contributed by atoms with Crippen LogP contribution in [0.15, 0.2) is 0 Å². The van der Waals surface area contributed by atoms with E-state index in [1.807, 2.05) is 13.8 Å². The maximum Gasteiger partial charge on any atom is 0.315 e. The van der Waals surface area contributed by atoms with Gasteiger partial charge >= 0.3 is 6.03 Å². The minimum Gasteiger partial charge on any atom is -0.337 e. The van der Waals surface area contributed by atoms with E-state index in [0.717, 1.165) is 24.3 Å². The van der Waals surface area contributed by atoms with Gasteiger partial charge in [-0.1, -0.05) is 6.92 Å². The van der Waals surface area contributed by atoms with E-state index < -0.39 is 0 Å². The zero-order chi connectivity index (χ0) is 17.1. The van der Waals surface area contributed by atoms with Crippen LogP contribution >= 0.6 is 0 Å². The highest BCUT2D eigenvalue weighted by Gasteiger charge is 2.40. The number of likely N-dealkylation sites (tertiary alicyclic amines) is 1. The number of urea groups is 1. The number of hydrogen-bond donors (Lipinski definition) is 2. The molecular weight excluding hydrogens is 300 g/mol. The Bertz CT molecular complexity index is 420. The summed E-state index contributed by atoms with van der Waals surface area (Å²) in [7, 11) is 0.